The first kappa shape index (κ1) is 14.0. The smallest absolute Gasteiger partial charge is 0.0171 e. The monoisotopic (exact) mass is 296 g/mol. The summed E-state index contributed by atoms with van der Waals surface area (Å²) in [5.41, 5.74) is 3.98. The van der Waals surface area contributed by atoms with Gasteiger partial charge in [0.2, 0.25) is 0 Å². The molecule has 0 heterocycles. The highest BCUT2D eigenvalue weighted by molar-refractivity contribution is 5.99. The Morgan fingerprint density at radius 3 is 2.00 bits per heavy atom. The number of rotatable bonds is 3. The van der Waals surface area contributed by atoms with Crippen molar-refractivity contribution in [1.29, 1.82) is 0 Å². The van der Waals surface area contributed by atoms with Gasteiger partial charge in [0.1, 0.15) is 0 Å². The van der Waals surface area contributed by atoms with E-state index in [9.17, 15) is 0 Å². The second-order valence-corrected chi connectivity index (χ2v) is 6.21. The third-order valence-corrected chi connectivity index (χ3v) is 4.51. The Labute approximate surface area is 137 Å². The van der Waals surface area contributed by atoms with Crippen molar-refractivity contribution in [3.63, 3.8) is 0 Å². The molecular weight excluding hydrogens is 276 g/mol. The summed E-state index contributed by atoms with van der Waals surface area (Å²) in [6.45, 7) is 2.23. The van der Waals surface area contributed by atoms with Gasteiger partial charge >= 0.3 is 0 Å². The molecule has 4 rings (SSSR count). The molecule has 0 nitrogen and oxygen atoms in total. The Morgan fingerprint density at radius 1 is 0.565 bits per heavy atom. The minimum atomic E-state index is 1.15. The lowest BCUT2D eigenvalue weighted by Gasteiger charge is -2.07. The van der Waals surface area contributed by atoms with Crippen LogP contribution < -0.4 is 0 Å². The molecule has 0 radical (unpaired) electrons. The first-order valence-corrected chi connectivity index (χ1v) is 8.35. The zero-order valence-electron chi connectivity index (χ0n) is 13.4. The van der Waals surface area contributed by atoms with Crippen molar-refractivity contribution in [2.24, 2.45) is 0 Å². The van der Waals surface area contributed by atoms with Crippen molar-refractivity contribution < 1.29 is 0 Å². The van der Waals surface area contributed by atoms with Gasteiger partial charge in [-0.1, -0.05) is 74.0 Å². The maximum absolute atomic E-state index is 2.34. The van der Waals surface area contributed by atoms with Crippen LogP contribution in [0.15, 0.2) is 78.9 Å². The van der Waals surface area contributed by atoms with Gasteiger partial charge in [0, 0.05) is 0 Å². The molecule has 112 valence electrons. The third-order valence-electron chi connectivity index (χ3n) is 4.51. The molecule has 0 saturated heterocycles. The molecule has 0 bridgehead atoms. The predicted molar refractivity (Wildman–Crippen MR) is 101 cm³/mol. The van der Waals surface area contributed by atoms with Crippen molar-refractivity contribution in [2.75, 3.05) is 0 Å². The molecule has 0 saturated carbocycles. The van der Waals surface area contributed by atoms with E-state index in [1.807, 2.05) is 0 Å². The standard InChI is InChI=1S/C23H20/c1-2-6-17-9-10-20-16-23-14-19(18-7-4-3-5-8-18)11-12-21(23)15-22(20)13-17/h3-5,7-16H,2,6H2,1H3. The van der Waals surface area contributed by atoms with Crippen molar-refractivity contribution in [1.82, 2.24) is 0 Å². The van der Waals surface area contributed by atoms with Crippen LogP contribution in [-0.4, -0.2) is 0 Å². The van der Waals surface area contributed by atoms with Gasteiger partial charge in [-0.2, -0.15) is 0 Å². The fourth-order valence-corrected chi connectivity index (χ4v) is 3.30. The summed E-state index contributed by atoms with van der Waals surface area (Å²) in [6, 6.07) is 28.8. The second-order valence-electron chi connectivity index (χ2n) is 6.21. The van der Waals surface area contributed by atoms with Gasteiger partial charge in [-0.25, -0.2) is 0 Å². The largest absolute Gasteiger partial charge is 0.0651 e. The average Bonchev–Trinajstić information content (AvgIpc) is 2.60. The van der Waals surface area contributed by atoms with E-state index in [4.69, 9.17) is 0 Å². The molecule has 0 fully saturated rings. The van der Waals surface area contributed by atoms with Gasteiger partial charge in [-0.05, 0) is 62.9 Å². The Kier molecular flexibility index (Phi) is 3.59. The Morgan fingerprint density at radius 2 is 1.26 bits per heavy atom. The number of hydrogen-bond acceptors (Lipinski definition) is 0. The Bertz CT molecular complexity index is 965. The molecule has 0 heteroatoms. The van der Waals surface area contributed by atoms with E-state index in [0.717, 1.165) is 6.42 Å². The summed E-state index contributed by atoms with van der Waals surface area (Å²) in [7, 11) is 0. The highest BCUT2D eigenvalue weighted by Crippen LogP contribution is 2.28. The molecule has 0 unspecified atom stereocenters. The number of benzene rings is 4. The fraction of sp³-hybridized carbons (Fsp3) is 0.130. The highest BCUT2D eigenvalue weighted by Gasteiger charge is 2.03. The van der Waals surface area contributed by atoms with E-state index in [1.165, 1.54) is 44.7 Å². The quantitative estimate of drug-likeness (QED) is 0.373. The van der Waals surface area contributed by atoms with Crippen LogP contribution in [0.5, 0.6) is 0 Å². The van der Waals surface area contributed by atoms with Crippen LogP contribution in [0.25, 0.3) is 32.7 Å². The van der Waals surface area contributed by atoms with Gasteiger partial charge in [-0.15, -0.1) is 0 Å². The minimum absolute atomic E-state index is 1.15. The molecule has 23 heavy (non-hydrogen) atoms. The van der Waals surface area contributed by atoms with E-state index in [-0.39, 0.29) is 0 Å². The normalized spacial score (nSPS) is 11.2. The number of fused-ring (bicyclic) bond motifs is 2. The first-order valence-electron chi connectivity index (χ1n) is 8.35. The molecule has 4 aromatic carbocycles. The summed E-state index contributed by atoms with van der Waals surface area (Å²) in [5.74, 6) is 0. The molecule has 0 aromatic heterocycles. The van der Waals surface area contributed by atoms with Gasteiger partial charge in [-0.3, -0.25) is 0 Å². The Hall–Kier alpha value is -2.60. The molecule has 0 N–H and O–H groups in total. The molecule has 4 aromatic rings. The second kappa shape index (κ2) is 5.89. The molecule has 0 amide bonds. The molecule has 0 aliphatic rings. The summed E-state index contributed by atoms with van der Waals surface area (Å²) < 4.78 is 0. The first-order chi connectivity index (χ1) is 11.3. The van der Waals surface area contributed by atoms with Crippen molar-refractivity contribution >= 4 is 21.5 Å². The van der Waals surface area contributed by atoms with Gasteiger partial charge in [0.25, 0.3) is 0 Å². The highest BCUT2D eigenvalue weighted by atomic mass is 14.1. The lowest BCUT2D eigenvalue weighted by molar-refractivity contribution is 0.924. The topological polar surface area (TPSA) is 0 Å². The maximum Gasteiger partial charge on any atom is -0.0171 e. The molecular formula is C23H20. The van der Waals surface area contributed by atoms with E-state index in [0.29, 0.717) is 0 Å². The zero-order valence-corrected chi connectivity index (χ0v) is 13.4. The fourth-order valence-electron chi connectivity index (χ4n) is 3.30. The molecule has 0 atom stereocenters. The van der Waals surface area contributed by atoms with Crippen LogP contribution in [0.1, 0.15) is 18.9 Å². The van der Waals surface area contributed by atoms with Gasteiger partial charge in [0.15, 0.2) is 0 Å². The maximum atomic E-state index is 2.34. The molecule has 0 aliphatic heterocycles. The van der Waals surface area contributed by atoms with Crippen molar-refractivity contribution in [3.05, 3.63) is 84.4 Å². The summed E-state index contributed by atoms with van der Waals surface area (Å²) in [4.78, 5) is 0. The van der Waals surface area contributed by atoms with Crippen LogP contribution in [0.4, 0.5) is 0 Å². The lowest BCUT2D eigenvalue weighted by Crippen LogP contribution is -1.84. The number of aryl methyl sites for hydroxylation is 1. The van der Waals surface area contributed by atoms with Crippen molar-refractivity contribution in [2.45, 2.75) is 19.8 Å². The average molecular weight is 296 g/mol. The number of hydrogen-bond donors (Lipinski definition) is 0. The predicted octanol–water partition coefficient (Wildman–Crippen LogP) is 6.61. The molecule has 0 spiro atoms. The Balaban J connectivity index is 1.86. The van der Waals surface area contributed by atoms with Crippen LogP contribution in [-0.2, 0) is 6.42 Å². The molecule has 0 aliphatic carbocycles. The SMILES string of the molecule is CCCc1ccc2cc3cc(-c4ccccc4)ccc3cc2c1. The zero-order chi connectivity index (χ0) is 15.6. The van der Waals surface area contributed by atoms with Crippen LogP contribution in [0.3, 0.4) is 0 Å². The van der Waals surface area contributed by atoms with Gasteiger partial charge < -0.3 is 0 Å². The van der Waals surface area contributed by atoms with Crippen LogP contribution in [0, 0.1) is 0 Å². The van der Waals surface area contributed by atoms with E-state index in [1.54, 1.807) is 0 Å². The van der Waals surface area contributed by atoms with Crippen molar-refractivity contribution in [3.8, 4) is 11.1 Å². The lowest BCUT2D eigenvalue weighted by atomic mass is 9.97. The summed E-state index contributed by atoms with van der Waals surface area (Å²) >= 11 is 0. The van der Waals surface area contributed by atoms with Crippen LogP contribution in [0.2, 0.25) is 0 Å². The van der Waals surface area contributed by atoms with Gasteiger partial charge in [0.05, 0.1) is 0 Å². The van der Waals surface area contributed by atoms with Crippen LogP contribution >= 0.6 is 0 Å². The van der Waals surface area contributed by atoms with E-state index in [2.05, 4.69) is 85.8 Å². The van der Waals surface area contributed by atoms with E-state index < -0.39 is 0 Å². The van der Waals surface area contributed by atoms with E-state index >= 15 is 0 Å². The summed E-state index contributed by atoms with van der Waals surface area (Å²) in [5, 5.41) is 5.28. The third kappa shape index (κ3) is 2.73. The summed E-state index contributed by atoms with van der Waals surface area (Å²) in [6.07, 6.45) is 2.35. The minimum Gasteiger partial charge on any atom is -0.0651 e.